The van der Waals surface area contributed by atoms with Gasteiger partial charge in [0.25, 0.3) is 0 Å². The van der Waals surface area contributed by atoms with E-state index >= 15 is 0 Å². The number of hydrogen-bond acceptors (Lipinski definition) is 2. The first-order chi connectivity index (χ1) is 8.81. The Hall–Kier alpha value is -0.540. The molecule has 0 aliphatic rings. The summed E-state index contributed by atoms with van der Waals surface area (Å²) in [5, 5.41) is 0. The van der Waals surface area contributed by atoms with Gasteiger partial charge in [0.2, 0.25) is 0 Å². The third-order valence-corrected chi connectivity index (χ3v) is 4.06. The molecule has 0 heterocycles. The summed E-state index contributed by atoms with van der Waals surface area (Å²) < 4.78 is 1.16. The van der Waals surface area contributed by atoms with Crippen molar-refractivity contribution in [3.8, 4) is 0 Å². The summed E-state index contributed by atoms with van der Waals surface area (Å²) in [6.45, 7) is 8.86. The fourth-order valence-corrected chi connectivity index (χ4v) is 3.12. The maximum Gasteiger partial charge on any atom is 0.0510 e. The zero-order valence-corrected chi connectivity index (χ0v) is 14.4. The van der Waals surface area contributed by atoms with Gasteiger partial charge >= 0.3 is 0 Å². The molecule has 0 aliphatic carbocycles. The van der Waals surface area contributed by atoms with Crippen molar-refractivity contribution < 1.29 is 0 Å². The lowest BCUT2D eigenvalue weighted by molar-refractivity contribution is 0.504. The van der Waals surface area contributed by atoms with Crippen LogP contribution in [0.4, 0.5) is 5.69 Å². The first-order valence-electron chi connectivity index (χ1n) is 7.08. The van der Waals surface area contributed by atoms with E-state index < -0.39 is 0 Å². The zero-order valence-electron chi connectivity index (χ0n) is 12.8. The maximum atomic E-state index is 5.85. The lowest BCUT2D eigenvalue weighted by atomic mass is 10.0. The lowest BCUT2D eigenvalue weighted by Gasteiger charge is -2.29. The monoisotopic (exact) mass is 326 g/mol. The molecular formula is C16H27BrN2. The second kappa shape index (κ2) is 7.30. The van der Waals surface area contributed by atoms with Crippen molar-refractivity contribution >= 4 is 21.6 Å². The molecule has 0 amide bonds. The minimum atomic E-state index is 0.204. The van der Waals surface area contributed by atoms with Crippen molar-refractivity contribution in [2.45, 2.75) is 52.6 Å². The Labute approximate surface area is 126 Å². The minimum absolute atomic E-state index is 0.204. The molecule has 2 atom stereocenters. The van der Waals surface area contributed by atoms with Gasteiger partial charge in [-0.1, -0.05) is 19.9 Å². The lowest BCUT2D eigenvalue weighted by Crippen LogP contribution is -2.30. The molecule has 0 aromatic heterocycles. The normalized spacial score (nSPS) is 14.5. The average molecular weight is 327 g/mol. The van der Waals surface area contributed by atoms with Gasteiger partial charge in [0.05, 0.1) is 5.69 Å². The van der Waals surface area contributed by atoms with Crippen LogP contribution in [0.1, 0.15) is 39.7 Å². The second-order valence-electron chi connectivity index (χ2n) is 6.06. The van der Waals surface area contributed by atoms with Gasteiger partial charge in [0.1, 0.15) is 0 Å². The molecule has 0 bridgehead atoms. The first-order valence-corrected chi connectivity index (χ1v) is 7.87. The van der Waals surface area contributed by atoms with Gasteiger partial charge < -0.3 is 10.6 Å². The Morgan fingerprint density at radius 2 is 1.84 bits per heavy atom. The molecule has 0 saturated carbocycles. The average Bonchev–Trinajstić information content (AvgIpc) is 2.26. The zero-order chi connectivity index (χ0) is 14.6. The van der Waals surface area contributed by atoms with E-state index in [1.165, 1.54) is 17.7 Å². The third-order valence-electron chi connectivity index (χ3n) is 3.42. The predicted molar refractivity (Wildman–Crippen MR) is 88.8 cm³/mol. The number of anilines is 1. The quantitative estimate of drug-likeness (QED) is 0.848. The SMILES string of the molecule is CC(C)CC(C)N(C)c1ccc(CC(C)N)cc1Br. The third kappa shape index (κ3) is 5.15. The van der Waals surface area contributed by atoms with Gasteiger partial charge in [-0.3, -0.25) is 0 Å². The molecule has 0 spiro atoms. The van der Waals surface area contributed by atoms with E-state index in [2.05, 4.69) is 66.8 Å². The van der Waals surface area contributed by atoms with Gasteiger partial charge in [-0.05, 0) is 66.2 Å². The van der Waals surface area contributed by atoms with Crippen LogP contribution in [-0.2, 0) is 6.42 Å². The highest BCUT2D eigenvalue weighted by Gasteiger charge is 2.14. The topological polar surface area (TPSA) is 29.3 Å². The van der Waals surface area contributed by atoms with Crippen molar-refractivity contribution in [2.75, 3.05) is 11.9 Å². The molecule has 19 heavy (non-hydrogen) atoms. The fourth-order valence-electron chi connectivity index (χ4n) is 2.41. The summed E-state index contributed by atoms with van der Waals surface area (Å²) >= 11 is 3.69. The van der Waals surface area contributed by atoms with Gasteiger partial charge in [-0.15, -0.1) is 0 Å². The molecular weight excluding hydrogens is 300 g/mol. The van der Waals surface area contributed by atoms with E-state index in [9.17, 15) is 0 Å². The highest BCUT2D eigenvalue weighted by Crippen LogP contribution is 2.29. The number of nitrogens with zero attached hydrogens (tertiary/aromatic N) is 1. The molecule has 2 N–H and O–H groups in total. The van der Waals surface area contributed by atoms with Crippen molar-refractivity contribution in [3.05, 3.63) is 28.2 Å². The molecule has 0 fully saturated rings. The van der Waals surface area contributed by atoms with Crippen LogP contribution in [-0.4, -0.2) is 19.1 Å². The Kier molecular flexibility index (Phi) is 6.34. The summed E-state index contributed by atoms with van der Waals surface area (Å²) in [6, 6.07) is 7.31. The molecule has 3 heteroatoms. The van der Waals surface area contributed by atoms with E-state index in [4.69, 9.17) is 5.73 Å². The van der Waals surface area contributed by atoms with Crippen LogP contribution in [0.5, 0.6) is 0 Å². The molecule has 108 valence electrons. The van der Waals surface area contributed by atoms with Crippen LogP contribution in [0.15, 0.2) is 22.7 Å². The molecule has 1 aromatic carbocycles. The van der Waals surface area contributed by atoms with Crippen LogP contribution < -0.4 is 10.6 Å². The summed E-state index contributed by atoms with van der Waals surface area (Å²) in [7, 11) is 2.17. The van der Waals surface area contributed by atoms with Crippen LogP contribution >= 0.6 is 15.9 Å². The van der Waals surface area contributed by atoms with E-state index in [0.717, 1.165) is 10.9 Å². The van der Waals surface area contributed by atoms with Crippen molar-refractivity contribution in [1.82, 2.24) is 0 Å². The molecule has 1 aromatic rings. The molecule has 2 unspecified atom stereocenters. The maximum absolute atomic E-state index is 5.85. The largest absolute Gasteiger partial charge is 0.371 e. The summed E-state index contributed by atoms with van der Waals surface area (Å²) in [5.41, 5.74) is 8.39. The second-order valence-corrected chi connectivity index (χ2v) is 6.91. The van der Waals surface area contributed by atoms with E-state index in [0.29, 0.717) is 12.0 Å². The molecule has 0 aliphatic heterocycles. The molecule has 1 rings (SSSR count). The van der Waals surface area contributed by atoms with Crippen LogP contribution in [0, 0.1) is 5.92 Å². The van der Waals surface area contributed by atoms with Gasteiger partial charge in [-0.2, -0.15) is 0 Å². The van der Waals surface area contributed by atoms with Crippen molar-refractivity contribution in [1.29, 1.82) is 0 Å². The van der Waals surface area contributed by atoms with Crippen LogP contribution in [0.25, 0.3) is 0 Å². The van der Waals surface area contributed by atoms with Gasteiger partial charge in [0, 0.05) is 23.6 Å². The van der Waals surface area contributed by atoms with Gasteiger partial charge in [-0.25, -0.2) is 0 Å². The molecule has 0 saturated heterocycles. The number of halogens is 1. The molecule has 2 nitrogen and oxygen atoms in total. The minimum Gasteiger partial charge on any atom is -0.371 e. The summed E-state index contributed by atoms with van der Waals surface area (Å²) in [5.74, 6) is 0.716. The number of hydrogen-bond donors (Lipinski definition) is 1. The van der Waals surface area contributed by atoms with Crippen LogP contribution in [0.2, 0.25) is 0 Å². The van der Waals surface area contributed by atoms with E-state index in [1.54, 1.807) is 0 Å². The standard InChI is InChI=1S/C16H27BrN2/c1-11(2)8-13(4)19(5)16-7-6-14(9-12(3)18)10-15(16)17/h6-7,10-13H,8-9,18H2,1-5H3. The Bertz CT molecular complexity index is 402. The van der Waals surface area contributed by atoms with E-state index in [-0.39, 0.29) is 6.04 Å². The first kappa shape index (κ1) is 16.5. The highest BCUT2D eigenvalue weighted by atomic mass is 79.9. The number of rotatable bonds is 6. The van der Waals surface area contributed by atoms with E-state index in [1.807, 2.05) is 6.92 Å². The van der Waals surface area contributed by atoms with Gasteiger partial charge in [0.15, 0.2) is 0 Å². The summed E-state index contributed by atoms with van der Waals surface area (Å²) in [6.07, 6.45) is 2.12. The number of benzene rings is 1. The van der Waals surface area contributed by atoms with Crippen molar-refractivity contribution in [3.63, 3.8) is 0 Å². The highest BCUT2D eigenvalue weighted by molar-refractivity contribution is 9.10. The summed E-state index contributed by atoms with van der Waals surface area (Å²) in [4.78, 5) is 2.35. The van der Waals surface area contributed by atoms with Crippen LogP contribution in [0.3, 0.4) is 0 Å². The Morgan fingerprint density at radius 3 is 2.32 bits per heavy atom. The predicted octanol–water partition coefficient (Wildman–Crippen LogP) is 4.21. The fraction of sp³-hybridized carbons (Fsp3) is 0.625. The number of nitrogens with two attached hydrogens (primary N) is 1. The smallest absolute Gasteiger partial charge is 0.0510 e. The Morgan fingerprint density at radius 1 is 1.21 bits per heavy atom. The van der Waals surface area contributed by atoms with Crippen molar-refractivity contribution in [2.24, 2.45) is 11.7 Å². The Balaban J connectivity index is 2.83. The molecule has 0 radical (unpaired) electrons.